The minimum Gasteiger partial charge on any atom is -0.316 e. The third-order valence-electron chi connectivity index (χ3n) is 4.09. The van der Waals surface area contributed by atoms with Gasteiger partial charge in [0.2, 0.25) is 0 Å². The Bertz CT molecular complexity index is 230. The molecule has 1 rings (SSSR count). The molecule has 2 atom stereocenters. The predicted molar refractivity (Wildman–Crippen MR) is 84.6 cm³/mol. The zero-order chi connectivity index (χ0) is 14.3. The average molecular weight is 269 g/mol. The van der Waals surface area contributed by atoms with Gasteiger partial charge in [-0.3, -0.25) is 4.90 Å². The Labute approximate surface area is 120 Å². The molecule has 114 valence electrons. The minimum atomic E-state index is 0.746. The zero-order valence-corrected chi connectivity index (χ0v) is 13.8. The van der Waals surface area contributed by atoms with Crippen molar-refractivity contribution >= 4 is 0 Å². The first-order valence-corrected chi connectivity index (χ1v) is 8.16. The van der Waals surface area contributed by atoms with E-state index in [0.717, 1.165) is 31.0 Å². The molecule has 19 heavy (non-hydrogen) atoms. The fourth-order valence-electron chi connectivity index (χ4n) is 3.00. The summed E-state index contributed by atoms with van der Waals surface area (Å²) in [6, 6.07) is 0.750. The van der Waals surface area contributed by atoms with E-state index in [1.54, 1.807) is 0 Å². The molecule has 0 aromatic rings. The van der Waals surface area contributed by atoms with Gasteiger partial charge in [0.1, 0.15) is 0 Å². The summed E-state index contributed by atoms with van der Waals surface area (Å²) in [7, 11) is 2.26. The monoisotopic (exact) mass is 269 g/mol. The number of rotatable bonds is 7. The zero-order valence-electron chi connectivity index (χ0n) is 13.8. The number of nitrogens with zero attached hydrogens (tertiary/aromatic N) is 2. The standard InChI is InChI=1S/C16H35N3/c1-6-16-13-18(5)8-7-9-19(16)12-15(4)11-17-10-14(2)3/h14-17H,6-13H2,1-5H3. The van der Waals surface area contributed by atoms with E-state index in [9.17, 15) is 0 Å². The number of likely N-dealkylation sites (N-methyl/N-ethyl adjacent to an activating group) is 1. The van der Waals surface area contributed by atoms with Crippen LogP contribution in [0.1, 0.15) is 40.5 Å². The molecule has 0 bridgehead atoms. The molecule has 1 N–H and O–H groups in total. The van der Waals surface area contributed by atoms with Gasteiger partial charge in [-0.2, -0.15) is 0 Å². The van der Waals surface area contributed by atoms with E-state index in [1.807, 2.05) is 0 Å². The number of nitrogens with one attached hydrogen (secondary N) is 1. The van der Waals surface area contributed by atoms with Crippen LogP contribution in [0.5, 0.6) is 0 Å². The van der Waals surface area contributed by atoms with Gasteiger partial charge in [0, 0.05) is 19.1 Å². The van der Waals surface area contributed by atoms with E-state index in [1.165, 1.54) is 39.0 Å². The molecule has 3 nitrogen and oxygen atoms in total. The van der Waals surface area contributed by atoms with Crippen molar-refractivity contribution in [2.45, 2.75) is 46.6 Å². The van der Waals surface area contributed by atoms with Crippen LogP contribution in [0.3, 0.4) is 0 Å². The molecular weight excluding hydrogens is 234 g/mol. The molecule has 0 aromatic heterocycles. The van der Waals surface area contributed by atoms with Crippen LogP contribution in [0.25, 0.3) is 0 Å². The number of hydrogen-bond acceptors (Lipinski definition) is 3. The van der Waals surface area contributed by atoms with Gasteiger partial charge in [0.05, 0.1) is 0 Å². The van der Waals surface area contributed by atoms with E-state index in [2.05, 4.69) is 49.9 Å². The molecule has 3 heteroatoms. The highest BCUT2D eigenvalue weighted by molar-refractivity contribution is 4.79. The average Bonchev–Trinajstić information content (AvgIpc) is 2.50. The van der Waals surface area contributed by atoms with Crippen molar-refractivity contribution in [1.82, 2.24) is 15.1 Å². The molecule has 1 saturated heterocycles. The highest BCUT2D eigenvalue weighted by atomic mass is 15.2. The molecular formula is C16H35N3. The van der Waals surface area contributed by atoms with Crippen molar-refractivity contribution in [2.24, 2.45) is 11.8 Å². The van der Waals surface area contributed by atoms with E-state index in [4.69, 9.17) is 0 Å². The summed E-state index contributed by atoms with van der Waals surface area (Å²) in [6.07, 6.45) is 2.59. The third kappa shape index (κ3) is 6.73. The van der Waals surface area contributed by atoms with Crippen molar-refractivity contribution in [3.63, 3.8) is 0 Å². The van der Waals surface area contributed by atoms with E-state index < -0.39 is 0 Å². The SMILES string of the molecule is CCC1CN(C)CCCN1CC(C)CNCC(C)C. The molecule has 0 spiro atoms. The topological polar surface area (TPSA) is 18.5 Å². The van der Waals surface area contributed by atoms with Gasteiger partial charge in [-0.1, -0.05) is 27.7 Å². The van der Waals surface area contributed by atoms with Gasteiger partial charge in [-0.05, 0) is 57.9 Å². The lowest BCUT2D eigenvalue weighted by Crippen LogP contribution is -2.43. The summed E-state index contributed by atoms with van der Waals surface area (Å²) in [6.45, 7) is 16.6. The van der Waals surface area contributed by atoms with Gasteiger partial charge in [-0.15, -0.1) is 0 Å². The fraction of sp³-hybridized carbons (Fsp3) is 1.00. The second-order valence-electron chi connectivity index (χ2n) is 6.83. The molecule has 0 radical (unpaired) electrons. The number of hydrogen-bond donors (Lipinski definition) is 1. The Morgan fingerprint density at radius 1 is 1.16 bits per heavy atom. The maximum atomic E-state index is 3.59. The van der Waals surface area contributed by atoms with Gasteiger partial charge < -0.3 is 10.2 Å². The maximum absolute atomic E-state index is 3.59. The Balaban J connectivity index is 2.35. The van der Waals surface area contributed by atoms with Crippen LogP contribution >= 0.6 is 0 Å². The summed E-state index contributed by atoms with van der Waals surface area (Å²) in [5.41, 5.74) is 0. The van der Waals surface area contributed by atoms with Crippen LogP contribution in [-0.2, 0) is 0 Å². The molecule has 0 aliphatic carbocycles. The van der Waals surface area contributed by atoms with Crippen molar-refractivity contribution in [2.75, 3.05) is 46.3 Å². The Morgan fingerprint density at radius 3 is 2.53 bits per heavy atom. The maximum Gasteiger partial charge on any atom is 0.0220 e. The molecule has 0 amide bonds. The van der Waals surface area contributed by atoms with E-state index >= 15 is 0 Å². The summed E-state index contributed by atoms with van der Waals surface area (Å²) < 4.78 is 0. The van der Waals surface area contributed by atoms with E-state index in [-0.39, 0.29) is 0 Å². The molecule has 1 aliphatic rings. The minimum absolute atomic E-state index is 0.746. The van der Waals surface area contributed by atoms with Crippen molar-refractivity contribution in [3.8, 4) is 0 Å². The van der Waals surface area contributed by atoms with Gasteiger partial charge >= 0.3 is 0 Å². The van der Waals surface area contributed by atoms with Crippen LogP contribution in [0.15, 0.2) is 0 Å². The largest absolute Gasteiger partial charge is 0.316 e. The van der Waals surface area contributed by atoms with Gasteiger partial charge in [0.15, 0.2) is 0 Å². The molecule has 0 aromatic carbocycles. The Kier molecular flexibility index (Phi) is 7.96. The highest BCUT2D eigenvalue weighted by Crippen LogP contribution is 2.13. The second kappa shape index (κ2) is 8.93. The van der Waals surface area contributed by atoms with Crippen LogP contribution in [0.4, 0.5) is 0 Å². The summed E-state index contributed by atoms with van der Waals surface area (Å²) in [5.74, 6) is 1.50. The first-order chi connectivity index (χ1) is 9.02. The lowest BCUT2D eigenvalue weighted by molar-refractivity contribution is 0.160. The molecule has 1 fully saturated rings. The second-order valence-corrected chi connectivity index (χ2v) is 6.83. The van der Waals surface area contributed by atoms with Crippen LogP contribution in [-0.4, -0.2) is 62.2 Å². The smallest absolute Gasteiger partial charge is 0.0220 e. The lowest BCUT2D eigenvalue weighted by atomic mass is 10.1. The summed E-state index contributed by atoms with van der Waals surface area (Å²) in [5, 5.41) is 3.59. The van der Waals surface area contributed by atoms with Crippen LogP contribution < -0.4 is 5.32 Å². The molecule has 2 unspecified atom stereocenters. The molecule has 1 aliphatic heterocycles. The van der Waals surface area contributed by atoms with Crippen molar-refractivity contribution in [1.29, 1.82) is 0 Å². The highest BCUT2D eigenvalue weighted by Gasteiger charge is 2.22. The fourth-order valence-corrected chi connectivity index (χ4v) is 3.00. The van der Waals surface area contributed by atoms with Crippen molar-refractivity contribution in [3.05, 3.63) is 0 Å². The normalized spacial score (nSPS) is 24.6. The quantitative estimate of drug-likeness (QED) is 0.765. The predicted octanol–water partition coefficient (Wildman–Crippen LogP) is 2.28. The van der Waals surface area contributed by atoms with Crippen LogP contribution in [0.2, 0.25) is 0 Å². The third-order valence-corrected chi connectivity index (χ3v) is 4.09. The summed E-state index contributed by atoms with van der Waals surface area (Å²) >= 11 is 0. The van der Waals surface area contributed by atoms with Crippen LogP contribution in [0, 0.1) is 11.8 Å². The Morgan fingerprint density at radius 2 is 1.89 bits per heavy atom. The lowest BCUT2D eigenvalue weighted by Gasteiger charge is -2.32. The first-order valence-electron chi connectivity index (χ1n) is 8.16. The Hall–Kier alpha value is -0.120. The van der Waals surface area contributed by atoms with Gasteiger partial charge in [0.25, 0.3) is 0 Å². The van der Waals surface area contributed by atoms with E-state index in [0.29, 0.717) is 0 Å². The van der Waals surface area contributed by atoms with Gasteiger partial charge in [-0.25, -0.2) is 0 Å². The first kappa shape index (κ1) is 16.9. The summed E-state index contributed by atoms with van der Waals surface area (Å²) in [4.78, 5) is 5.22. The molecule has 0 saturated carbocycles. The molecule has 1 heterocycles. The van der Waals surface area contributed by atoms with Crippen molar-refractivity contribution < 1.29 is 0 Å².